The second-order valence-corrected chi connectivity index (χ2v) is 7.60. The van der Waals surface area contributed by atoms with E-state index >= 15 is 0 Å². The van der Waals surface area contributed by atoms with Crippen molar-refractivity contribution in [1.82, 2.24) is 15.6 Å². The van der Waals surface area contributed by atoms with Crippen molar-refractivity contribution in [1.29, 1.82) is 0 Å². The summed E-state index contributed by atoms with van der Waals surface area (Å²) in [6, 6.07) is 7.97. The molecule has 0 bridgehead atoms. The molecule has 1 aromatic heterocycles. The third-order valence-corrected chi connectivity index (χ3v) is 5.87. The number of carbonyl (C=O) groups excluding carboxylic acids is 1. The van der Waals surface area contributed by atoms with Crippen LogP contribution in [0.15, 0.2) is 24.3 Å². The Morgan fingerprint density at radius 1 is 1.35 bits per heavy atom. The first kappa shape index (κ1) is 20.8. The lowest BCUT2D eigenvalue weighted by atomic mass is 10.1. The van der Waals surface area contributed by atoms with E-state index in [9.17, 15) is 4.79 Å². The Bertz CT molecular complexity index is 748. The van der Waals surface area contributed by atoms with Gasteiger partial charge in [0.15, 0.2) is 0 Å². The van der Waals surface area contributed by atoms with Gasteiger partial charge in [-0.2, -0.15) is 0 Å². The van der Waals surface area contributed by atoms with Crippen LogP contribution in [0.2, 0.25) is 0 Å². The van der Waals surface area contributed by atoms with Gasteiger partial charge in [-0.25, -0.2) is 4.98 Å². The number of ether oxygens (including phenoxy) is 1. The Morgan fingerprint density at radius 3 is 2.69 bits per heavy atom. The van der Waals surface area contributed by atoms with Crippen LogP contribution in [-0.4, -0.2) is 36.2 Å². The number of rotatable bonds is 4. The fourth-order valence-electron chi connectivity index (χ4n) is 3.03. The standard InChI is InChI=1S/C19H25N3O2S.ClH/c1-11-5-7-15(8-6-11)19-22-13(3)17(25-19)12(2)21-18(23)16-14(4)24-10-9-20-16;/h5-8,12,14,16,20H,9-10H2,1-4H3,(H,21,23);1H/t12?,14-,16+;/m1./s1. The molecule has 7 heteroatoms. The first-order valence-corrected chi connectivity index (χ1v) is 9.47. The van der Waals surface area contributed by atoms with E-state index in [0.717, 1.165) is 21.1 Å². The van der Waals surface area contributed by atoms with Crippen molar-refractivity contribution in [2.45, 2.75) is 45.9 Å². The van der Waals surface area contributed by atoms with Gasteiger partial charge in [0, 0.05) is 12.1 Å². The van der Waals surface area contributed by atoms with E-state index in [1.54, 1.807) is 11.3 Å². The number of nitrogens with one attached hydrogen (secondary N) is 2. The van der Waals surface area contributed by atoms with Gasteiger partial charge < -0.3 is 15.4 Å². The first-order valence-electron chi connectivity index (χ1n) is 8.65. The van der Waals surface area contributed by atoms with Gasteiger partial charge in [0.05, 0.1) is 29.3 Å². The minimum atomic E-state index is -0.305. The van der Waals surface area contributed by atoms with Crippen LogP contribution in [0.3, 0.4) is 0 Å². The molecule has 1 aliphatic rings. The highest BCUT2D eigenvalue weighted by molar-refractivity contribution is 7.15. The quantitative estimate of drug-likeness (QED) is 0.832. The van der Waals surface area contributed by atoms with Crippen molar-refractivity contribution >= 4 is 29.7 Å². The maximum Gasteiger partial charge on any atom is 0.240 e. The molecule has 1 aliphatic heterocycles. The number of aryl methyl sites for hydroxylation is 2. The molecule has 1 amide bonds. The van der Waals surface area contributed by atoms with E-state index in [1.807, 2.05) is 20.8 Å². The second kappa shape index (κ2) is 8.95. The molecule has 0 saturated carbocycles. The average Bonchev–Trinajstić information content (AvgIpc) is 2.97. The number of aromatic nitrogens is 1. The van der Waals surface area contributed by atoms with Crippen molar-refractivity contribution in [2.75, 3.05) is 13.2 Å². The summed E-state index contributed by atoms with van der Waals surface area (Å²) in [6.45, 7) is 9.35. The molecule has 0 spiro atoms. The summed E-state index contributed by atoms with van der Waals surface area (Å²) in [4.78, 5) is 18.3. The van der Waals surface area contributed by atoms with Gasteiger partial charge in [-0.15, -0.1) is 23.7 Å². The van der Waals surface area contributed by atoms with Crippen molar-refractivity contribution in [3.05, 3.63) is 40.4 Å². The van der Waals surface area contributed by atoms with E-state index in [2.05, 4.69) is 41.8 Å². The second-order valence-electron chi connectivity index (χ2n) is 6.57. The smallest absolute Gasteiger partial charge is 0.240 e. The Kier molecular flexibility index (Phi) is 7.17. The molecule has 2 aromatic rings. The normalized spacial score (nSPS) is 20.9. The van der Waals surface area contributed by atoms with E-state index in [1.165, 1.54) is 5.56 Å². The zero-order valence-electron chi connectivity index (χ0n) is 15.5. The van der Waals surface area contributed by atoms with E-state index in [-0.39, 0.29) is 36.5 Å². The number of thiazole rings is 1. The molecule has 26 heavy (non-hydrogen) atoms. The molecule has 2 heterocycles. The van der Waals surface area contributed by atoms with Gasteiger partial charge >= 0.3 is 0 Å². The molecule has 1 saturated heterocycles. The van der Waals surface area contributed by atoms with E-state index < -0.39 is 0 Å². The Morgan fingerprint density at radius 2 is 2.04 bits per heavy atom. The molecule has 5 nitrogen and oxygen atoms in total. The van der Waals surface area contributed by atoms with Crippen LogP contribution in [-0.2, 0) is 9.53 Å². The third kappa shape index (κ3) is 4.62. The predicted molar refractivity (Wildman–Crippen MR) is 108 cm³/mol. The molecule has 0 radical (unpaired) electrons. The summed E-state index contributed by atoms with van der Waals surface area (Å²) < 4.78 is 5.56. The van der Waals surface area contributed by atoms with Gasteiger partial charge in [0.1, 0.15) is 11.0 Å². The Labute approximate surface area is 165 Å². The molecule has 2 N–H and O–H groups in total. The minimum absolute atomic E-state index is 0. The van der Waals surface area contributed by atoms with Gasteiger partial charge in [-0.05, 0) is 27.7 Å². The van der Waals surface area contributed by atoms with E-state index in [0.29, 0.717) is 13.2 Å². The molecule has 1 aromatic carbocycles. The van der Waals surface area contributed by atoms with Crippen molar-refractivity contribution in [3.63, 3.8) is 0 Å². The number of benzene rings is 1. The summed E-state index contributed by atoms with van der Waals surface area (Å²) in [5.41, 5.74) is 3.31. The highest BCUT2D eigenvalue weighted by Gasteiger charge is 2.29. The molecule has 1 fully saturated rings. The zero-order chi connectivity index (χ0) is 18.0. The lowest BCUT2D eigenvalue weighted by Crippen LogP contribution is -2.55. The molecule has 0 aliphatic carbocycles. The Hall–Kier alpha value is -1.47. The summed E-state index contributed by atoms with van der Waals surface area (Å²) >= 11 is 1.64. The molecule has 3 rings (SSSR count). The summed E-state index contributed by atoms with van der Waals surface area (Å²) in [7, 11) is 0. The minimum Gasteiger partial charge on any atom is -0.375 e. The van der Waals surface area contributed by atoms with E-state index in [4.69, 9.17) is 9.72 Å². The van der Waals surface area contributed by atoms with Gasteiger partial charge in [-0.1, -0.05) is 29.8 Å². The lowest BCUT2D eigenvalue weighted by Gasteiger charge is -2.30. The van der Waals surface area contributed by atoms with Crippen LogP contribution < -0.4 is 10.6 Å². The largest absolute Gasteiger partial charge is 0.375 e. The maximum absolute atomic E-state index is 12.5. The third-order valence-electron chi connectivity index (χ3n) is 4.48. The van der Waals surface area contributed by atoms with Gasteiger partial charge in [-0.3, -0.25) is 4.79 Å². The highest BCUT2D eigenvalue weighted by atomic mass is 35.5. The molecule has 1 unspecified atom stereocenters. The zero-order valence-corrected chi connectivity index (χ0v) is 17.2. The predicted octanol–water partition coefficient (Wildman–Crippen LogP) is 3.40. The molecule has 142 valence electrons. The fraction of sp³-hybridized carbons (Fsp3) is 0.474. The SMILES string of the molecule is Cc1ccc(-c2nc(C)c(C(C)NC(=O)[C@H]3NCCO[C@@H]3C)s2)cc1.Cl. The number of halogens is 1. The number of amides is 1. The first-order chi connectivity index (χ1) is 12.0. The number of nitrogens with zero attached hydrogens (tertiary/aromatic N) is 1. The van der Waals surface area contributed by atoms with Crippen molar-refractivity contribution in [2.24, 2.45) is 0 Å². The fourth-order valence-corrected chi connectivity index (χ4v) is 4.10. The number of hydrogen-bond donors (Lipinski definition) is 2. The van der Waals surface area contributed by atoms with Crippen LogP contribution in [0.4, 0.5) is 0 Å². The van der Waals surface area contributed by atoms with Crippen molar-refractivity contribution < 1.29 is 9.53 Å². The Balaban J connectivity index is 0.00000243. The van der Waals surface area contributed by atoms with Crippen LogP contribution in [0.1, 0.15) is 36.0 Å². The molecular weight excluding hydrogens is 370 g/mol. The van der Waals surface area contributed by atoms with Crippen molar-refractivity contribution in [3.8, 4) is 10.6 Å². The monoisotopic (exact) mass is 395 g/mol. The molecule has 3 atom stereocenters. The van der Waals surface area contributed by atoms with Gasteiger partial charge in [0.25, 0.3) is 0 Å². The number of carbonyl (C=O) groups is 1. The highest BCUT2D eigenvalue weighted by Crippen LogP contribution is 2.32. The number of morpholine rings is 1. The van der Waals surface area contributed by atoms with Crippen LogP contribution >= 0.6 is 23.7 Å². The average molecular weight is 396 g/mol. The van der Waals surface area contributed by atoms with Crippen LogP contribution in [0, 0.1) is 13.8 Å². The summed E-state index contributed by atoms with van der Waals surface area (Å²) in [5.74, 6) is -0.0237. The number of hydrogen-bond acceptors (Lipinski definition) is 5. The summed E-state index contributed by atoms with van der Waals surface area (Å²) in [5, 5.41) is 7.31. The van der Waals surface area contributed by atoms with Gasteiger partial charge in [0.2, 0.25) is 5.91 Å². The molecular formula is C19H26ClN3O2S. The lowest BCUT2D eigenvalue weighted by molar-refractivity contribution is -0.129. The maximum atomic E-state index is 12.5. The van der Waals surface area contributed by atoms with Crippen LogP contribution in [0.25, 0.3) is 10.6 Å². The summed E-state index contributed by atoms with van der Waals surface area (Å²) in [6.07, 6.45) is -0.119. The van der Waals surface area contributed by atoms with Crippen LogP contribution in [0.5, 0.6) is 0 Å². The topological polar surface area (TPSA) is 63.2 Å².